The van der Waals surface area contributed by atoms with Crippen LogP contribution in [0.15, 0.2) is 49.1 Å². The summed E-state index contributed by atoms with van der Waals surface area (Å²) in [5.74, 6) is 0.783. The van der Waals surface area contributed by atoms with Crippen LogP contribution in [0.4, 0.5) is 11.5 Å². The number of benzene rings is 2. The second-order valence-corrected chi connectivity index (χ2v) is 12.8. The summed E-state index contributed by atoms with van der Waals surface area (Å²) in [5, 5.41) is 2.88. The lowest BCUT2D eigenvalue weighted by molar-refractivity contribution is -0.135. The average Bonchev–Trinajstić information content (AvgIpc) is 3.74. The predicted molar refractivity (Wildman–Crippen MR) is 175 cm³/mol. The first kappa shape index (κ1) is 29.8. The Labute approximate surface area is 269 Å². The largest absolute Gasteiger partial charge is 0.462 e. The number of epoxide rings is 1. The second-order valence-electron chi connectivity index (χ2n) is 12.4. The number of carbonyl (C=O) groups excluding carboxylic acids is 1. The summed E-state index contributed by atoms with van der Waals surface area (Å²) < 4.78 is 11.8. The monoisotopic (exact) mass is 627 g/mol. The molecule has 0 unspecified atom stereocenters. The number of likely N-dealkylation sites (N-methyl/N-ethyl adjacent to an activating group) is 1. The molecule has 3 saturated heterocycles. The van der Waals surface area contributed by atoms with Gasteiger partial charge in [-0.3, -0.25) is 4.79 Å². The zero-order valence-corrected chi connectivity index (χ0v) is 26.3. The molecule has 4 aliphatic rings. The van der Waals surface area contributed by atoms with Crippen molar-refractivity contribution in [1.29, 1.82) is 0 Å². The highest BCUT2D eigenvalue weighted by Crippen LogP contribution is 2.37. The number of halogens is 1. The summed E-state index contributed by atoms with van der Waals surface area (Å²) in [7, 11) is 2.13. The molecule has 2 aromatic carbocycles. The molecule has 0 N–H and O–H groups in total. The van der Waals surface area contributed by atoms with Crippen LogP contribution >= 0.6 is 11.6 Å². The quantitative estimate of drug-likeness (QED) is 0.209. The number of amides is 1. The Kier molecular flexibility index (Phi) is 8.25. The Morgan fingerprint density at radius 3 is 2.76 bits per heavy atom. The van der Waals surface area contributed by atoms with Gasteiger partial charge in [-0.05, 0) is 50.4 Å². The maximum Gasteiger partial charge on any atom is 0.318 e. The molecule has 4 aliphatic heterocycles. The van der Waals surface area contributed by atoms with Crippen LogP contribution < -0.4 is 14.5 Å². The Balaban J connectivity index is 1.19. The zero-order valence-electron chi connectivity index (χ0n) is 25.6. The fraction of sp³-hybridized carbons (Fsp3) is 0.471. The molecular weight excluding hydrogens is 590 g/mol. The van der Waals surface area contributed by atoms with Crippen molar-refractivity contribution >= 4 is 39.8 Å². The molecule has 45 heavy (non-hydrogen) atoms. The molecule has 3 fully saturated rings. The van der Waals surface area contributed by atoms with Crippen LogP contribution in [0.5, 0.6) is 6.01 Å². The van der Waals surface area contributed by atoms with Gasteiger partial charge in [0.05, 0.1) is 17.3 Å². The number of hydrogen-bond acceptors (Lipinski definition) is 8. The molecule has 10 nitrogen and oxygen atoms in total. The molecule has 1 aromatic heterocycles. The topological polar surface area (TPSA) is 81.9 Å². The van der Waals surface area contributed by atoms with Crippen molar-refractivity contribution in [2.75, 3.05) is 62.7 Å². The van der Waals surface area contributed by atoms with E-state index in [2.05, 4.69) is 57.4 Å². The minimum atomic E-state index is -0.489. The molecule has 11 heteroatoms. The number of fused-ring (bicyclic) bond motifs is 2. The van der Waals surface area contributed by atoms with Gasteiger partial charge in [-0.25, -0.2) is 6.57 Å². The molecule has 0 radical (unpaired) electrons. The van der Waals surface area contributed by atoms with E-state index in [0.29, 0.717) is 44.8 Å². The molecule has 3 aromatic rings. The molecular formula is C34H38ClN7O3. The highest BCUT2D eigenvalue weighted by atomic mass is 35.5. The SMILES string of the molecule is [C-]#[N+]C[C@H]1CN(c2nc(OC[C@@H]3CCCN3C)nc3c2CCN(c2cccc4cccc(Cl)c24)C3)CCN1C(=O)[C@H]1O[C@@H]1C=C. The number of nitrogens with zero attached hydrogens (tertiary/aromatic N) is 7. The van der Waals surface area contributed by atoms with Gasteiger partial charge in [-0.1, -0.05) is 41.9 Å². The molecule has 0 bridgehead atoms. The van der Waals surface area contributed by atoms with E-state index in [4.69, 9.17) is 37.6 Å². The normalized spacial score (nSPS) is 24.8. The lowest BCUT2D eigenvalue weighted by Gasteiger charge is -2.41. The van der Waals surface area contributed by atoms with Crippen molar-refractivity contribution in [3.8, 4) is 6.01 Å². The Hall–Kier alpha value is -3.91. The number of piperazine rings is 1. The summed E-state index contributed by atoms with van der Waals surface area (Å²) in [6.07, 6.45) is 3.94. The number of carbonyl (C=O) groups is 1. The number of aromatic nitrogens is 2. The maximum atomic E-state index is 13.2. The van der Waals surface area contributed by atoms with Crippen LogP contribution in [0.25, 0.3) is 15.6 Å². The molecule has 7 rings (SSSR count). The van der Waals surface area contributed by atoms with E-state index in [9.17, 15) is 4.79 Å². The Morgan fingerprint density at radius 1 is 1.16 bits per heavy atom. The average molecular weight is 628 g/mol. The summed E-state index contributed by atoms with van der Waals surface area (Å²) in [6.45, 7) is 16.2. The Bertz CT molecular complexity index is 1660. The van der Waals surface area contributed by atoms with Crippen LogP contribution in [0.1, 0.15) is 24.1 Å². The maximum absolute atomic E-state index is 13.2. The molecule has 1 amide bonds. The number of anilines is 2. The van der Waals surface area contributed by atoms with E-state index in [1.165, 1.54) is 0 Å². The predicted octanol–water partition coefficient (Wildman–Crippen LogP) is 4.21. The Morgan fingerprint density at radius 2 is 2.00 bits per heavy atom. The molecule has 4 atom stereocenters. The summed E-state index contributed by atoms with van der Waals surface area (Å²) in [4.78, 5) is 35.6. The van der Waals surface area contributed by atoms with Gasteiger partial charge in [0.1, 0.15) is 24.6 Å². The van der Waals surface area contributed by atoms with Crippen LogP contribution in [-0.2, 0) is 22.5 Å². The first-order valence-electron chi connectivity index (χ1n) is 15.8. The smallest absolute Gasteiger partial charge is 0.318 e. The van der Waals surface area contributed by atoms with Gasteiger partial charge in [-0.15, -0.1) is 6.58 Å². The van der Waals surface area contributed by atoms with Gasteiger partial charge in [0.2, 0.25) is 6.54 Å². The van der Waals surface area contributed by atoms with E-state index >= 15 is 0 Å². The molecule has 0 aliphatic carbocycles. The van der Waals surface area contributed by atoms with E-state index < -0.39 is 6.10 Å². The van der Waals surface area contributed by atoms with E-state index in [0.717, 1.165) is 70.9 Å². The lowest BCUT2D eigenvalue weighted by atomic mass is 10.0. The van der Waals surface area contributed by atoms with Crippen molar-refractivity contribution in [2.45, 2.75) is 50.1 Å². The van der Waals surface area contributed by atoms with Crippen molar-refractivity contribution in [2.24, 2.45) is 0 Å². The van der Waals surface area contributed by atoms with Crippen molar-refractivity contribution < 1.29 is 14.3 Å². The summed E-state index contributed by atoms with van der Waals surface area (Å²) >= 11 is 6.72. The minimum Gasteiger partial charge on any atom is -0.462 e. The number of likely N-dealkylation sites (tertiary alicyclic amines) is 1. The van der Waals surface area contributed by atoms with Crippen LogP contribution in [0, 0.1) is 6.57 Å². The van der Waals surface area contributed by atoms with Gasteiger partial charge in [0, 0.05) is 48.9 Å². The summed E-state index contributed by atoms with van der Waals surface area (Å²) in [5.41, 5.74) is 3.12. The highest BCUT2D eigenvalue weighted by molar-refractivity contribution is 6.36. The first-order valence-corrected chi connectivity index (χ1v) is 16.1. The van der Waals surface area contributed by atoms with Gasteiger partial charge in [0.25, 0.3) is 5.91 Å². The number of ether oxygens (including phenoxy) is 2. The van der Waals surface area contributed by atoms with E-state index in [-0.39, 0.29) is 24.6 Å². The molecule has 0 spiro atoms. The van der Waals surface area contributed by atoms with Gasteiger partial charge < -0.3 is 33.9 Å². The first-order chi connectivity index (χ1) is 21.9. The van der Waals surface area contributed by atoms with E-state index in [1.54, 1.807) is 6.08 Å². The fourth-order valence-electron chi connectivity index (χ4n) is 7.09. The van der Waals surface area contributed by atoms with Gasteiger partial charge in [0.15, 0.2) is 6.10 Å². The third-order valence-electron chi connectivity index (χ3n) is 9.64. The second kappa shape index (κ2) is 12.5. The van der Waals surface area contributed by atoms with Crippen LogP contribution in [0.2, 0.25) is 5.02 Å². The van der Waals surface area contributed by atoms with Crippen LogP contribution in [0.3, 0.4) is 0 Å². The van der Waals surface area contributed by atoms with Crippen molar-refractivity contribution in [3.05, 3.63) is 76.8 Å². The van der Waals surface area contributed by atoms with Gasteiger partial charge >= 0.3 is 6.01 Å². The lowest BCUT2D eigenvalue weighted by Crippen LogP contribution is -2.58. The zero-order chi connectivity index (χ0) is 31.1. The number of hydrogen-bond donors (Lipinski definition) is 0. The minimum absolute atomic E-state index is 0.0630. The molecule has 0 saturated carbocycles. The molecule has 5 heterocycles. The number of rotatable bonds is 8. The highest BCUT2D eigenvalue weighted by Gasteiger charge is 2.48. The summed E-state index contributed by atoms with van der Waals surface area (Å²) in [6, 6.07) is 12.7. The van der Waals surface area contributed by atoms with Crippen molar-refractivity contribution in [3.63, 3.8) is 0 Å². The fourth-order valence-corrected chi connectivity index (χ4v) is 7.36. The van der Waals surface area contributed by atoms with Gasteiger partial charge in [-0.2, -0.15) is 9.97 Å². The molecule has 234 valence electrons. The third kappa shape index (κ3) is 5.81. The standard InChI is InChI=1S/C34H38ClN7O3/c1-4-29-31(45-29)33(43)42-17-16-41(19-24(42)18-36-2)32-25-13-15-40(28-12-6-9-22-8-5-11-26(35)30(22)28)20-27(25)37-34(38-32)44-21-23-10-7-14-39(23)3/h4-6,8-9,11-12,23-24,29,31H,1,7,10,13-21H2,3H3/t23-,24-,29+,31-/m0/s1. The third-order valence-corrected chi connectivity index (χ3v) is 9.96. The van der Waals surface area contributed by atoms with Crippen molar-refractivity contribution in [1.82, 2.24) is 19.8 Å². The van der Waals surface area contributed by atoms with E-state index in [1.807, 2.05) is 17.0 Å². The van der Waals surface area contributed by atoms with Crippen LogP contribution in [-0.4, -0.2) is 103 Å².